The third kappa shape index (κ3) is 9.65. The molecule has 2 atom stereocenters. The summed E-state index contributed by atoms with van der Waals surface area (Å²) in [4.78, 5) is 18.5. The lowest BCUT2D eigenvalue weighted by Gasteiger charge is -2.28. The number of hydrogen-bond donors (Lipinski definition) is 2. The van der Waals surface area contributed by atoms with Crippen molar-refractivity contribution in [1.29, 1.82) is 0 Å². The van der Waals surface area contributed by atoms with Gasteiger partial charge in [0.05, 0.1) is 60.0 Å². The van der Waals surface area contributed by atoms with Crippen LogP contribution in [0.15, 0.2) is 71.9 Å². The van der Waals surface area contributed by atoms with Crippen molar-refractivity contribution >= 4 is 28.9 Å². The summed E-state index contributed by atoms with van der Waals surface area (Å²) in [5.41, 5.74) is 4.69. The number of anilines is 1. The van der Waals surface area contributed by atoms with E-state index in [1.807, 2.05) is 54.6 Å². The number of nitrogens with zero attached hydrogens (tertiary/aromatic N) is 1. The number of methoxy groups -OCH3 is 5. The molecule has 0 spiro atoms. The van der Waals surface area contributed by atoms with Gasteiger partial charge in [0.2, 0.25) is 5.75 Å². The number of halogens is 1. The van der Waals surface area contributed by atoms with E-state index >= 15 is 0 Å². The van der Waals surface area contributed by atoms with Gasteiger partial charge < -0.3 is 48.6 Å². The van der Waals surface area contributed by atoms with Gasteiger partial charge in [-0.1, -0.05) is 61.0 Å². The van der Waals surface area contributed by atoms with Crippen molar-refractivity contribution in [2.45, 2.75) is 63.6 Å². The lowest BCUT2D eigenvalue weighted by molar-refractivity contribution is 0.0854. The quantitative estimate of drug-likeness (QED) is 0.0837. The topological polar surface area (TPSA) is 127 Å². The summed E-state index contributed by atoms with van der Waals surface area (Å²) < 4.78 is 40.0. The van der Waals surface area contributed by atoms with E-state index in [-0.39, 0.29) is 12.0 Å². The third-order valence-electron chi connectivity index (χ3n) is 9.85. The molecule has 2 unspecified atom stereocenters. The number of benzene rings is 4. The Labute approximate surface area is 333 Å². The van der Waals surface area contributed by atoms with Crippen LogP contribution >= 0.6 is 11.6 Å². The van der Waals surface area contributed by atoms with E-state index in [0.29, 0.717) is 70.5 Å². The Morgan fingerprint density at radius 2 is 1.25 bits per heavy atom. The first-order chi connectivity index (χ1) is 27.3. The standard InChI is InChI=1S/C43H50ClN3O9/c1-49-34-17-13-27(36-26-33(47-56-36)29-23-39(51-3)41(53-5)40(24-29)52-4)21-38(34)55-20-12-10-8-6-7-9-11-19-54-35-18-14-28(22-37(35)50-2)42-45-32-16-15-30(44)25-31(32)43(48)46-42/h13-18,21-25,36,42,45H,6-12,19-20,26H2,1-5H3,(H,46,48). The zero-order valence-electron chi connectivity index (χ0n) is 32.6. The molecule has 4 aromatic carbocycles. The number of ether oxygens (including phenoxy) is 7. The summed E-state index contributed by atoms with van der Waals surface area (Å²) in [6.07, 6.45) is 7.39. The van der Waals surface area contributed by atoms with Crippen molar-refractivity contribution in [3.63, 3.8) is 0 Å². The Morgan fingerprint density at radius 3 is 1.91 bits per heavy atom. The van der Waals surface area contributed by atoms with Crippen LogP contribution in [-0.4, -0.2) is 60.4 Å². The number of hydrogen-bond acceptors (Lipinski definition) is 11. The van der Waals surface area contributed by atoms with Gasteiger partial charge in [0.25, 0.3) is 5.91 Å². The lowest BCUT2D eigenvalue weighted by Crippen LogP contribution is -2.38. The summed E-state index contributed by atoms with van der Waals surface area (Å²) in [5, 5.41) is 11.2. The van der Waals surface area contributed by atoms with E-state index in [2.05, 4.69) is 15.8 Å². The van der Waals surface area contributed by atoms with E-state index in [1.54, 1.807) is 47.7 Å². The molecule has 0 aliphatic carbocycles. The fraction of sp³-hybridized carbons (Fsp3) is 0.395. The molecular formula is C43H50ClN3O9. The van der Waals surface area contributed by atoms with Gasteiger partial charge in [-0.3, -0.25) is 4.79 Å². The second kappa shape index (κ2) is 19.4. The first-order valence-electron chi connectivity index (χ1n) is 18.9. The van der Waals surface area contributed by atoms with Gasteiger partial charge in [-0.15, -0.1) is 0 Å². The minimum absolute atomic E-state index is 0.183. The highest BCUT2D eigenvalue weighted by molar-refractivity contribution is 6.31. The van der Waals surface area contributed by atoms with Crippen LogP contribution in [0.25, 0.3) is 0 Å². The second-order valence-corrected chi connectivity index (χ2v) is 13.9. The van der Waals surface area contributed by atoms with Crippen LogP contribution in [0.2, 0.25) is 5.02 Å². The number of fused-ring (bicyclic) bond motifs is 1. The molecule has 4 aromatic rings. The number of rotatable bonds is 20. The predicted octanol–water partition coefficient (Wildman–Crippen LogP) is 9.29. The smallest absolute Gasteiger partial charge is 0.255 e. The Hall–Kier alpha value is -5.49. The summed E-state index contributed by atoms with van der Waals surface area (Å²) in [6.45, 7) is 1.19. The van der Waals surface area contributed by atoms with Crippen LogP contribution in [0.1, 0.15) is 90.7 Å². The molecule has 0 saturated heterocycles. The first kappa shape index (κ1) is 40.2. The van der Waals surface area contributed by atoms with E-state index in [0.717, 1.165) is 73.0 Å². The van der Waals surface area contributed by atoms with Crippen LogP contribution < -0.4 is 43.8 Å². The van der Waals surface area contributed by atoms with E-state index < -0.39 is 6.17 Å². The Balaban J connectivity index is 0.879. The highest BCUT2D eigenvalue weighted by Gasteiger charge is 2.28. The molecule has 0 radical (unpaired) electrons. The molecule has 1 amide bonds. The van der Waals surface area contributed by atoms with Gasteiger partial charge >= 0.3 is 0 Å². The molecule has 0 saturated carbocycles. The Kier molecular flexibility index (Phi) is 13.9. The summed E-state index contributed by atoms with van der Waals surface area (Å²) in [7, 11) is 8.02. The third-order valence-corrected chi connectivity index (χ3v) is 10.1. The summed E-state index contributed by atoms with van der Waals surface area (Å²) in [6, 6.07) is 20.6. The molecule has 2 aliphatic heterocycles. The van der Waals surface area contributed by atoms with Crippen LogP contribution in [0.4, 0.5) is 5.69 Å². The second-order valence-electron chi connectivity index (χ2n) is 13.5. The van der Waals surface area contributed by atoms with Crippen LogP contribution in [0.5, 0.6) is 40.2 Å². The van der Waals surface area contributed by atoms with Crippen molar-refractivity contribution in [2.24, 2.45) is 5.16 Å². The molecule has 2 heterocycles. The average Bonchev–Trinajstić information content (AvgIpc) is 3.73. The highest BCUT2D eigenvalue weighted by atomic mass is 35.5. The molecule has 13 heteroatoms. The molecular weight excluding hydrogens is 738 g/mol. The highest BCUT2D eigenvalue weighted by Crippen LogP contribution is 2.41. The minimum atomic E-state index is -0.398. The van der Waals surface area contributed by atoms with Gasteiger partial charge in [-0.25, -0.2) is 0 Å². The van der Waals surface area contributed by atoms with Crippen LogP contribution in [0, 0.1) is 0 Å². The summed E-state index contributed by atoms with van der Waals surface area (Å²) in [5.74, 6) is 4.14. The Bertz CT molecular complexity index is 1980. The number of carbonyl (C=O) groups is 1. The molecule has 56 heavy (non-hydrogen) atoms. The number of unbranched alkanes of at least 4 members (excludes halogenated alkanes) is 6. The number of amides is 1. The van der Waals surface area contributed by atoms with Gasteiger partial charge in [0.15, 0.2) is 40.6 Å². The van der Waals surface area contributed by atoms with Crippen molar-refractivity contribution < 1.29 is 42.8 Å². The number of oxime groups is 1. The molecule has 0 fully saturated rings. The molecule has 12 nitrogen and oxygen atoms in total. The number of nitrogens with one attached hydrogen (secondary N) is 2. The van der Waals surface area contributed by atoms with E-state index in [4.69, 9.17) is 49.6 Å². The van der Waals surface area contributed by atoms with E-state index in [1.165, 1.54) is 0 Å². The van der Waals surface area contributed by atoms with Gasteiger partial charge in [-0.05, 0) is 78.6 Å². The normalized spacial score (nSPS) is 15.8. The molecule has 0 bridgehead atoms. The summed E-state index contributed by atoms with van der Waals surface area (Å²) >= 11 is 6.07. The fourth-order valence-corrected chi connectivity index (χ4v) is 6.99. The maximum atomic E-state index is 12.7. The van der Waals surface area contributed by atoms with Gasteiger partial charge in [0, 0.05) is 22.7 Å². The monoisotopic (exact) mass is 787 g/mol. The van der Waals surface area contributed by atoms with Crippen molar-refractivity contribution in [3.05, 3.63) is 94.0 Å². The largest absolute Gasteiger partial charge is 0.493 e. The minimum Gasteiger partial charge on any atom is -0.493 e. The van der Waals surface area contributed by atoms with Gasteiger partial charge in [-0.2, -0.15) is 0 Å². The molecule has 0 aromatic heterocycles. The van der Waals surface area contributed by atoms with Crippen molar-refractivity contribution in [2.75, 3.05) is 54.1 Å². The fourth-order valence-electron chi connectivity index (χ4n) is 6.81. The molecule has 6 rings (SSSR count). The van der Waals surface area contributed by atoms with Gasteiger partial charge in [0.1, 0.15) is 6.17 Å². The maximum Gasteiger partial charge on any atom is 0.255 e. The van der Waals surface area contributed by atoms with Crippen molar-refractivity contribution in [3.8, 4) is 40.2 Å². The molecule has 2 aliphatic rings. The lowest BCUT2D eigenvalue weighted by atomic mass is 9.99. The average molecular weight is 788 g/mol. The SMILES string of the molecule is COc1cc(C2NC(=O)c3cc(Cl)ccc3N2)ccc1OCCCCCCCCCOc1cc(C2CC(c3cc(OC)c(OC)c(OC)c3)=NO2)ccc1OC. The van der Waals surface area contributed by atoms with Crippen LogP contribution in [0.3, 0.4) is 0 Å². The zero-order chi connectivity index (χ0) is 39.4. The maximum absolute atomic E-state index is 12.7. The Morgan fingerprint density at radius 1 is 0.643 bits per heavy atom. The van der Waals surface area contributed by atoms with Crippen LogP contribution in [-0.2, 0) is 4.84 Å². The zero-order valence-corrected chi connectivity index (χ0v) is 33.3. The molecule has 2 N–H and O–H groups in total. The molecule has 298 valence electrons. The van der Waals surface area contributed by atoms with Crippen molar-refractivity contribution in [1.82, 2.24) is 5.32 Å². The predicted molar refractivity (Wildman–Crippen MR) is 216 cm³/mol. The first-order valence-corrected chi connectivity index (χ1v) is 19.2. The number of carbonyl (C=O) groups excluding carboxylic acids is 1. The van der Waals surface area contributed by atoms with E-state index in [9.17, 15) is 4.79 Å².